The number of ether oxygens (including phenoxy) is 2. The maximum atomic E-state index is 12.1. The third-order valence-electron chi connectivity index (χ3n) is 2.67. The Morgan fingerprint density at radius 1 is 1.27 bits per heavy atom. The maximum absolute atomic E-state index is 12.1. The second kappa shape index (κ2) is 6.54. The first-order valence-corrected chi connectivity index (χ1v) is 6.47. The van der Waals surface area contributed by atoms with Crippen molar-refractivity contribution in [3.63, 3.8) is 0 Å². The number of methoxy groups -OCH3 is 1. The van der Waals surface area contributed by atoms with Crippen LogP contribution >= 0.6 is 0 Å². The van der Waals surface area contributed by atoms with Gasteiger partial charge in [-0.3, -0.25) is 5.10 Å². The molecule has 6 nitrogen and oxygen atoms in total. The van der Waals surface area contributed by atoms with Gasteiger partial charge in [0.25, 0.3) is 0 Å². The van der Waals surface area contributed by atoms with Crippen molar-refractivity contribution in [3.05, 3.63) is 18.2 Å². The lowest BCUT2D eigenvalue weighted by molar-refractivity contribution is -0.115. The van der Waals surface area contributed by atoms with Crippen LogP contribution in [0.2, 0.25) is 0 Å². The summed E-state index contributed by atoms with van der Waals surface area (Å²) in [5.74, 6) is 1.27. The Hall–Kier alpha value is -2.45. The van der Waals surface area contributed by atoms with Gasteiger partial charge in [-0.25, -0.2) is 0 Å². The fraction of sp³-hybridized carbons (Fsp3) is 0.385. The average Bonchev–Trinajstić information content (AvgIpc) is 2.94. The SMILES string of the molecule is CCOc1ccc(-c2nc(NCC(F)(F)F)n[nH]2)cc1OC. The first-order chi connectivity index (χ1) is 10.4. The number of aromatic nitrogens is 3. The molecule has 1 aromatic carbocycles. The Labute approximate surface area is 124 Å². The van der Waals surface area contributed by atoms with Crippen molar-refractivity contribution < 1.29 is 22.6 Å². The summed E-state index contributed by atoms with van der Waals surface area (Å²) in [5, 5.41) is 8.36. The summed E-state index contributed by atoms with van der Waals surface area (Å²) in [6.45, 7) is 1.14. The molecule has 0 unspecified atom stereocenters. The van der Waals surface area contributed by atoms with Crippen molar-refractivity contribution in [1.29, 1.82) is 0 Å². The largest absolute Gasteiger partial charge is 0.493 e. The van der Waals surface area contributed by atoms with E-state index in [9.17, 15) is 13.2 Å². The lowest BCUT2D eigenvalue weighted by Crippen LogP contribution is -2.21. The molecule has 0 saturated heterocycles. The number of aromatic amines is 1. The van der Waals surface area contributed by atoms with Crippen molar-refractivity contribution in [2.75, 3.05) is 25.6 Å². The van der Waals surface area contributed by atoms with Crippen molar-refractivity contribution >= 4 is 5.95 Å². The highest BCUT2D eigenvalue weighted by Crippen LogP contribution is 2.31. The Bertz CT molecular complexity index is 628. The van der Waals surface area contributed by atoms with Crippen LogP contribution in [-0.4, -0.2) is 41.6 Å². The smallest absolute Gasteiger partial charge is 0.405 e. The van der Waals surface area contributed by atoms with E-state index in [1.807, 2.05) is 6.92 Å². The van der Waals surface area contributed by atoms with E-state index < -0.39 is 12.7 Å². The van der Waals surface area contributed by atoms with E-state index in [1.165, 1.54) is 7.11 Å². The molecule has 0 atom stereocenters. The summed E-state index contributed by atoms with van der Waals surface area (Å²) >= 11 is 0. The van der Waals surface area contributed by atoms with Crippen molar-refractivity contribution in [2.24, 2.45) is 0 Å². The molecular weight excluding hydrogens is 301 g/mol. The lowest BCUT2D eigenvalue weighted by atomic mass is 10.2. The van der Waals surface area contributed by atoms with Crippen LogP contribution in [0.4, 0.5) is 19.1 Å². The number of hydrogen-bond acceptors (Lipinski definition) is 5. The molecule has 2 N–H and O–H groups in total. The Balaban J connectivity index is 2.16. The molecule has 0 aliphatic heterocycles. The summed E-state index contributed by atoms with van der Waals surface area (Å²) in [4.78, 5) is 3.96. The first-order valence-electron chi connectivity index (χ1n) is 6.47. The number of anilines is 1. The minimum atomic E-state index is -4.33. The fourth-order valence-electron chi connectivity index (χ4n) is 1.74. The van der Waals surface area contributed by atoms with Crippen molar-refractivity contribution in [3.8, 4) is 22.9 Å². The van der Waals surface area contributed by atoms with E-state index in [2.05, 4.69) is 20.5 Å². The maximum Gasteiger partial charge on any atom is 0.405 e. The zero-order valence-electron chi connectivity index (χ0n) is 12.0. The van der Waals surface area contributed by atoms with Gasteiger partial charge >= 0.3 is 6.18 Å². The van der Waals surface area contributed by atoms with Gasteiger partial charge in [0.1, 0.15) is 6.54 Å². The highest BCUT2D eigenvalue weighted by Gasteiger charge is 2.27. The number of halogens is 3. The van der Waals surface area contributed by atoms with Crippen molar-refractivity contribution in [2.45, 2.75) is 13.1 Å². The standard InChI is InChI=1S/C13H15F3N4O2/c1-3-22-9-5-4-8(6-10(9)21-2)11-18-12(20-19-11)17-7-13(14,15)16/h4-6H,3,7H2,1-2H3,(H2,17,18,19,20). The summed E-state index contributed by atoms with van der Waals surface area (Å²) in [5.41, 5.74) is 0.618. The van der Waals surface area contributed by atoms with Crippen LogP contribution < -0.4 is 14.8 Å². The van der Waals surface area contributed by atoms with Gasteiger partial charge in [0, 0.05) is 5.56 Å². The van der Waals surface area contributed by atoms with Gasteiger partial charge in [0.15, 0.2) is 17.3 Å². The van der Waals surface area contributed by atoms with Crippen LogP contribution in [-0.2, 0) is 0 Å². The normalized spacial score (nSPS) is 11.3. The third-order valence-corrected chi connectivity index (χ3v) is 2.67. The molecule has 1 heterocycles. The molecule has 1 aromatic heterocycles. The molecule has 22 heavy (non-hydrogen) atoms. The molecule has 0 fully saturated rings. The van der Waals surface area contributed by atoms with Crippen LogP contribution in [0.1, 0.15) is 6.92 Å². The Morgan fingerprint density at radius 2 is 2.05 bits per heavy atom. The van der Waals surface area contributed by atoms with Gasteiger partial charge in [0.2, 0.25) is 5.95 Å². The van der Waals surface area contributed by atoms with Crippen LogP contribution in [0.5, 0.6) is 11.5 Å². The van der Waals surface area contributed by atoms with Gasteiger partial charge in [0.05, 0.1) is 13.7 Å². The molecule has 2 rings (SSSR count). The van der Waals surface area contributed by atoms with E-state index in [1.54, 1.807) is 18.2 Å². The molecule has 0 saturated carbocycles. The summed E-state index contributed by atoms with van der Waals surface area (Å²) in [6, 6.07) is 5.07. The average molecular weight is 316 g/mol. The number of nitrogens with one attached hydrogen (secondary N) is 2. The first kappa shape index (κ1) is 15.9. The monoisotopic (exact) mass is 316 g/mol. The number of nitrogens with zero attached hydrogens (tertiary/aromatic N) is 2. The van der Waals surface area contributed by atoms with Crippen LogP contribution in [0, 0.1) is 0 Å². The molecule has 2 aromatic rings. The summed E-state index contributed by atoms with van der Waals surface area (Å²) in [6.07, 6.45) is -4.33. The van der Waals surface area contributed by atoms with Gasteiger partial charge in [-0.05, 0) is 25.1 Å². The highest BCUT2D eigenvalue weighted by molar-refractivity contribution is 5.61. The van der Waals surface area contributed by atoms with Crippen LogP contribution in [0.15, 0.2) is 18.2 Å². The summed E-state index contributed by atoms with van der Waals surface area (Å²) in [7, 11) is 1.50. The number of rotatable bonds is 6. The minimum absolute atomic E-state index is 0.125. The molecule has 0 radical (unpaired) electrons. The molecule has 0 spiro atoms. The molecule has 9 heteroatoms. The minimum Gasteiger partial charge on any atom is -0.493 e. The summed E-state index contributed by atoms with van der Waals surface area (Å²) < 4.78 is 47.0. The molecule has 0 aliphatic rings. The quantitative estimate of drug-likeness (QED) is 0.857. The van der Waals surface area contributed by atoms with E-state index >= 15 is 0 Å². The Kier molecular flexibility index (Phi) is 4.74. The van der Waals surface area contributed by atoms with Gasteiger partial charge in [-0.15, -0.1) is 5.10 Å². The number of alkyl halides is 3. The number of hydrogen-bond donors (Lipinski definition) is 2. The van der Waals surface area contributed by atoms with Gasteiger partial charge < -0.3 is 14.8 Å². The topological polar surface area (TPSA) is 72.1 Å². The fourth-order valence-corrected chi connectivity index (χ4v) is 1.74. The molecule has 0 bridgehead atoms. The Morgan fingerprint density at radius 3 is 2.68 bits per heavy atom. The molecule has 120 valence electrons. The van der Waals surface area contributed by atoms with Gasteiger partial charge in [-0.1, -0.05) is 0 Å². The zero-order chi connectivity index (χ0) is 16.2. The van der Waals surface area contributed by atoms with Crippen LogP contribution in [0.3, 0.4) is 0 Å². The van der Waals surface area contributed by atoms with E-state index in [4.69, 9.17) is 9.47 Å². The zero-order valence-corrected chi connectivity index (χ0v) is 12.0. The van der Waals surface area contributed by atoms with Crippen molar-refractivity contribution in [1.82, 2.24) is 15.2 Å². The second-order valence-corrected chi connectivity index (χ2v) is 4.28. The second-order valence-electron chi connectivity index (χ2n) is 4.28. The number of benzene rings is 1. The highest BCUT2D eigenvalue weighted by atomic mass is 19.4. The molecule has 0 aliphatic carbocycles. The lowest BCUT2D eigenvalue weighted by Gasteiger charge is -2.09. The predicted octanol–water partition coefficient (Wildman–Crippen LogP) is 2.85. The molecule has 0 amide bonds. The van der Waals surface area contributed by atoms with Crippen LogP contribution in [0.25, 0.3) is 11.4 Å². The van der Waals surface area contributed by atoms with E-state index in [0.717, 1.165) is 0 Å². The predicted molar refractivity (Wildman–Crippen MR) is 74.1 cm³/mol. The molecular formula is C13H15F3N4O2. The number of H-pyrrole nitrogens is 1. The van der Waals surface area contributed by atoms with E-state index in [0.29, 0.717) is 29.5 Å². The third kappa shape index (κ3) is 4.03. The van der Waals surface area contributed by atoms with E-state index in [-0.39, 0.29) is 5.95 Å². The van der Waals surface area contributed by atoms with Gasteiger partial charge in [-0.2, -0.15) is 18.2 Å².